The Balaban J connectivity index is 1.55. The molecule has 2 saturated heterocycles. The van der Waals surface area contributed by atoms with Gasteiger partial charge in [0.05, 0.1) is 10.3 Å². The van der Waals surface area contributed by atoms with Gasteiger partial charge in [0.15, 0.2) is 0 Å². The van der Waals surface area contributed by atoms with Gasteiger partial charge in [-0.25, -0.2) is 4.98 Å². The second-order valence-electron chi connectivity index (χ2n) is 6.60. The van der Waals surface area contributed by atoms with Crippen LogP contribution in [0.2, 0.25) is 0 Å². The Labute approximate surface area is 143 Å². The maximum absolute atomic E-state index is 12.8. The molecule has 3 rings (SSSR count). The van der Waals surface area contributed by atoms with Crippen LogP contribution in [0.1, 0.15) is 39.0 Å². The Morgan fingerprint density at radius 2 is 2.04 bits per heavy atom. The van der Waals surface area contributed by atoms with Gasteiger partial charge < -0.3 is 4.90 Å². The van der Waals surface area contributed by atoms with E-state index in [0.717, 1.165) is 24.5 Å². The lowest BCUT2D eigenvalue weighted by Crippen LogP contribution is -2.52. The van der Waals surface area contributed by atoms with Crippen molar-refractivity contribution in [1.29, 1.82) is 0 Å². The quantitative estimate of drug-likeness (QED) is 0.794. The molecule has 0 aliphatic carbocycles. The van der Waals surface area contributed by atoms with E-state index >= 15 is 0 Å². The van der Waals surface area contributed by atoms with E-state index in [-0.39, 0.29) is 11.2 Å². The second kappa shape index (κ2) is 8.15. The summed E-state index contributed by atoms with van der Waals surface area (Å²) in [6, 6.07) is 6.42. The van der Waals surface area contributed by atoms with Crippen LogP contribution in [0.4, 0.5) is 0 Å². The maximum Gasteiger partial charge on any atom is 0.235 e. The fourth-order valence-corrected chi connectivity index (χ4v) is 4.53. The number of hydrogen-bond acceptors (Lipinski definition) is 4. The minimum absolute atomic E-state index is 0.0648. The number of hydrogen-bond donors (Lipinski definition) is 0. The molecular weight excluding hydrogens is 306 g/mol. The van der Waals surface area contributed by atoms with Crippen molar-refractivity contribution >= 4 is 17.7 Å². The Hall–Kier alpha value is -1.07. The molecule has 0 radical (unpaired) electrons. The number of amides is 1. The summed E-state index contributed by atoms with van der Waals surface area (Å²) < 4.78 is 0. The van der Waals surface area contributed by atoms with Crippen molar-refractivity contribution in [3.8, 4) is 0 Å². The molecule has 1 aromatic heterocycles. The number of nitrogens with zero attached hydrogens (tertiary/aromatic N) is 3. The first-order valence-electron chi connectivity index (χ1n) is 8.84. The predicted molar refractivity (Wildman–Crippen MR) is 94.6 cm³/mol. The summed E-state index contributed by atoms with van der Waals surface area (Å²) in [6.07, 6.45) is 8.16. The van der Waals surface area contributed by atoms with Gasteiger partial charge in [-0.1, -0.05) is 24.2 Å². The molecule has 0 saturated carbocycles. The molecule has 0 N–H and O–H groups in total. The molecular formula is C18H27N3OS. The Bertz CT molecular complexity index is 504. The average Bonchev–Trinajstić information content (AvgIpc) is 2.63. The zero-order chi connectivity index (χ0) is 16.1. The SMILES string of the molecule is C[C@H](Sc1ccccn1)C(=O)N1CCC[C@H](N2CCCCC2)C1. The number of carbonyl (C=O) groups is 1. The second-order valence-corrected chi connectivity index (χ2v) is 7.97. The number of pyridine rings is 1. The normalized spacial score (nSPS) is 24.4. The highest BCUT2D eigenvalue weighted by Crippen LogP contribution is 2.25. The molecule has 1 aromatic rings. The molecule has 0 unspecified atom stereocenters. The first kappa shape index (κ1) is 16.8. The lowest BCUT2D eigenvalue weighted by Gasteiger charge is -2.41. The van der Waals surface area contributed by atoms with Gasteiger partial charge in [-0.2, -0.15) is 0 Å². The molecule has 4 nitrogen and oxygen atoms in total. The highest BCUT2D eigenvalue weighted by Gasteiger charge is 2.30. The van der Waals surface area contributed by atoms with E-state index < -0.39 is 0 Å². The summed E-state index contributed by atoms with van der Waals surface area (Å²) in [7, 11) is 0. The van der Waals surface area contributed by atoms with Crippen molar-refractivity contribution in [2.45, 2.75) is 55.3 Å². The van der Waals surface area contributed by atoms with Crippen molar-refractivity contribution in [3.63, 3.8) is 0 Å². The molecule has 2 aliphatic heterocycles. The van der Waals surface area contributed by atoms with Crippen LogP contribution in [0, 0.1) is 0 Å². The third-order valence-corrected chi connectivity index (χ3v) is 5.94. The highest BCUT2D eigenvalue weighted by atomic mass is 32.2. The van der Waals surface area contributed by atoms with Crippen LogP contribution in [0.3, 0.4) is 0 Å². The smallest absolute Gasteiger partial charge is 0.235 e. The molecule has 0 bridgehead atoms. The monoisotopic (exact) mass is 333 g/mol. The van der Waals surface area contributed by atoms with E-state index in [1.807, 2.05) is 25.1 Å². The average molecular weight is 334 g/mol. The molecule has 5 heteroatoms. The lowest BCUT2D eigenvalue weighted by atomic mass is 10.0. The van der Waals surface area contributed by atoms with Crippen molar-refractivity contribution < 1.29 is 4.79 Å². The zero-order valence-electron chi connectivity index (χ0n) is 14.0. The molecule has 0 aromatic carbocycles. The van der Waals surface area contributed by atoms with Crippen LogP contribution in [-0.2, 0) is 4.79 Å². The number of aromatic nitrogens is 1. The molecule has 3 heterocycles. The van der Waals surface area contributed by atoms with E-state index in [4.69, 9.17) is 0 Å². The van der Waals surface area contributed by atoms with Crippen LogP contribution in [-0.4, -0.2) is 58.2 Å². The lowest BCUT2D eigenvalue weighted by molar-refractivity contribution is -0.132. The van der Waals surface area contributed by atoms with Crippen LogP contribution < -0.4 is 0 Å². The number of thioether (sulfide) groups is 1. The van der Waals surface area contributed by atoms with Crippen LogP contribution in [0.15, 0.2) is 29.4 Å². The van der Waals surface area contributed by atoms with Crippen LogP contribution in [0.5, 0.6) is 0 Å². The molecule has 126 valence electrons. The number of carbonyl (C=O) groups excluding carboxylic acids is 1. The molecule has 23 heavy (non-hydrogen) atoms. The van der Waals surface area contributed by atoms with Crippen LogP contribution >= 0.6 is 11.8 Å². The Morgan fingerprint density at radius 3 is 2.78 bits per heavy atom. The summed E-state index contributed by atoms with van der Waals surface area (Å²) in [5.74, 6) is 0.266. The molecule has 1 amide bonds. The van der Waals surface area contributed by atoms with E-state index in [0.29, 0.717) is 6.04 Å². The fraction of sp³-hybridized carbons (Fsp3) is 0.667. The summed E-state index contributed by atoms with van der Waals surface area (Å²) in [5.41, 5.74) is 0. The molecule has 2 atom stereocenters. The van der Waals surface area contributed by atoms with Crippen LogP contribution in [0.25, 0.3) is 0 Å². The van der Waals surface area contributed by atoms with E-state index in [1.165, 1.54) is 38.8 Å². The van der Waals surface area contributed by atoms with E-state index in [9.17, 15) is 4.79 Å². The third kappa shape index (κ3) is 4.48. The Morgan fingerprint density at radius 1 is 1.22 bits per heavy atom. The largest absolute Gasteiger partial charge is 0.340 e. The fourth-order valence-electron chi connectivity index (χ4n) is 3.64. The molecule has 2 fully saturated rings. The Kier molecular flexibility index (Phi) is 5.95. The van der Waals surface area contributed by atoms with Gasteiger partial charge in [-0.15, -0.1) is 0 Å². The first-order chi connectivity index (χ1) is 11.2. The summed E-state index contributed by atoms with van der Waals surface area (Å²) in [6.45, 7) is 6.25. The number of rotatable bonds is 4. The van der Waals surface area contributed by atoms with Gasteiger partial charge in [0, 0.05) is 25.3 Å². The summed E-state index contributed by atoms with van der Waals surface area (Å²) in [4.78, 5) is 21.8. The zero-order valence-corrected chi connectivity index (χ0v) is 14.8. The number of piperidine rings is 2. The van der Waals surface area contributed by atoms with Gasteiger partial charge in [-0.05, 0) is 57.8 Å². The highest BCUT2D eigenvalue weighted by molar-refractivity contribution is 8.00. The molecule has 0 spiro atoms. The number of likely N-dealkylation sites (tertiary alicyclic amines) is 2. The van der Waals surface area contributed by atoms with Gasteiger partial charge in [0.1, 0.15) is 0 Å². The summed E-state index contributed by atoms with van der Waals surface area (Å²) in [5, 5.41) is 0.864. The predicted octanol–water partition coefficient (Wildman–Crippen LogP) is 3.04. The standard InChI is InChI=1S/C18H27N3OS/c1-15(23-17-9-3-4-10-19-17)18(22)21-13-7-8-16(14-21)20-11-5-2-6-12-20/h3-4,9-10,15-16H,2,5-8,11-14H2,1H3/t15-,16-/m0/s1. The van der Waals surface area contributed by atoms with Crippen molar-refractivity contribution in [1.82, 2.24) is 14.8 Å². The summed E-state index contributed by atoms with van der Waals surface area (Å²) >= 11 is 1.57. The first-order valence-corrected chi connectivity index (χ1v) is 9.72. The van der Waals surface area contributed by atoms with E-state index in [2.05, 4.69) is 14.8 Å². The third-order valence-electron chi connectivity index (χ3n) is 4.90. The minimum atomic E-state index is -0.0648. The van der Waals surface area contributed by atoms with Crippen molar-refractivity contribution in [2.24, 2.45) is 0 Å². The van der Waals surface area contributed by atoms with Gasteiger partial charge >= 0.3 is 0 Å². The van der Waals surface area contributed by atoms with Gasteiger partial charge in [-0.3, -0.25) is 9.69 Å². The van der Waals surface area contributed by atoms with Crippen molar-refractivity contribution in [2.75, 3.05) is 26.2 Å². The van der Waals surface area contributed by atoms with Gasteiger partial charge in [0.25, 0.3) is 0 Å². The topological polar surface area (TPSA) is 36.4 Å². The maximum atomic E-state index is 12.8. The van der Waals surface area contributed by atoms with Gasteiger partial charge in [0.2, 0.25) is 5.91 Å². The minimum Gasteiger partial charge on any atom is -0.340 e. The van der Waals surface area contributed by atoms with E-state index in [1.54, 1.807) is 18.0 Å². The molecule has 2 aliphatic rings. The van der Waals surface area contributed by atoms with Crippen molar-refractivity contribution in [3.05, 3.63) is 24.4 Å².